The van der Waals surface area contributed by atoms with E-state index in [-0.39, 0.29) is 11.8 Å². The molecule has 1 aliphatic rings. The largest absolute Gasteiger partial charge is 0.497 e. The number of benzene rings is 1. The Morgan fingerprint density at radius 3 is 2.67 bits per heavy atom. The van der Waals surface area contributed by atoms with E-state index in [0.29, 0.717) is 18.9 Å². The summed E-state index contributed by atoms with van der Waals surface area (Å²) in [6.07, 6.45) is 5.08. The molecule has 2 aromatic rings. The number of ether oxygens (including phenoxy) is 1. The molecule has 1 N–H and O–H groups in total. The van der Waals surface area contributed by atoms with Gasteiger partial charge >= 0.3 is 0 Å². The Labute approximate surface area is 142 Å². The van der Waals surface area contributed by atoms with Crippen LogP contribution in [-0.2, 0) is 11.2 Å². The van der Waals surface area contributed by atoms with Crippen molar-refractivity contribution in [3.8, 4) is 17.2 Å². The van der Waals surface area contributed by atoms with Crippen molar-refractivity contribution in [1.29, 1.82) is 0 Å². The lowest BCUT2D eigenvalue weighted by Crippen LogP contribution is -2.31. The van der Waals surface area contributed by atoms with E-state index in [1.807, 2.05) is 31.2 Å². The van der Waals surface area contributed by atoms with Gasteiger partial charge in [0.2, 0.25) is 11.8 Å². The zero-order valence-electron chi connectivity index (χ0n) is 14.3. The van der Waals surface area contributed by atoms with E-state index in [2.05, 4.69) is 10.3 Å². The van der Waals surface area contributed by atoms with Gasteiger partial charge in [-0.05, 0) is 44.0 Å². The van der Waals surface area contributed by atoms with Gasteiger partial charge in [-0.3, -0.25) is 4.79 Å². The number of carbonyl (C=O) groups excluding carboxylic acids is 1. The Morgan fingerprint density at radius 2 is 2.00 bits per heavy atom. The summed E-state index contributed by atoms with van der Waals surface area (Å²) in [5.74, 6) is 2.60. The topological polar surface area (TPSA) is 64.4 Å². The highest BCUT2D eigenvalue weighted by molar-refractivity contribution is 5.78. The first-order valence-corrected chi connectivity index (χ1v) is 8.56. The van der Waals surface area contributed by atoms with Crippen molar-refractivity contribution in [2.75, 3.05) is 13.7 Å². The maximum Gasteiger partial charge on any atom is 0.226 e. The first-order valence-electron chi connectivity index (χ1n) is 8.56. The van der Waals surface area contributed by atoms with E-state index in [1.54, 1.807) is 7.11 Å². The summed E-state index contributed by atoms with van der Waals surface area (Å²) in [6, 6.07) is 7.62. The first kappa shape index (κ1) is 16.6. The number of amides is 1. The summed E-state index contributed by atoms with van der Waals surface area (Å²) in [6.45, 7) is 2.51. The summed E-state index contributed by atoms with van der Waals surface area (Å²) in [4.78, 5) is 16.6. The first-order chi connectivity index (χ1) is 11.7. The fraction of sp³-hybridized carbons (Fsp3) is 0.474. The van der Waals surface area contributed by atoms with Gasteiger partial charge in [0, 0.05) is 24.4 Å². The lowest BCUT2D eigenvalue weighted by Gasteiger charge is -2.09. The molecular formula is C19H24N2O3. The van der Waals surface area contributed by atoms with Crippen molar-refractivity contribution in [1.82, 2.24) is 10.3 Å². The maximum atomic E-state index is 12.0. The smallest absolute Gasteiger partial charge is 0.226 e. The number of carbonyl (C=O) groups is 1. The second-order valence-electron chi connectivity index (χ2n) is 6.27. The van der Waals surface area contributed by atoms with Crippen molar-refractivity contribution >= 4 is 5.91 Å². The second-order valence-corrected chi connectivity index (χ2v) is 6.27. The van der Waals surface area contributed by atoms with Crippen LogP contribution in [0.2, 0.25) is 0 Å². The van der Waals surface area contributed by atoms with Gasteiger partial charge in [0.25, 0.3) is 0 Å². The van der Waals surface area contributed by atoms with Crippen molar-refractivity contribution in [2.45, 2.75) is 39.0 Å². The summed E-state index contributed by atoms with van der Waals surface area (Å²) >= 11 is 0. The predicted molar refractivity (Wildman–Crippen MR) is 91.9 cm³/mol. The van der Waals surface area contributed by atoms with E-state index in [4.69, 9.17) is 9.15 Å². The van der Waals surface area contributed by atoms with Crippen molar-refractivity contribution in [2.24, 2.45) is 5.92 Å². The van der Waals surface area contributed by atoms with E-state index >= 15 is 0 Å². The van der Waals surface area contributed by atoms with Crippen LogP contribution in [0.5, 0.6) is 5.75 Å². The van der Waals surface area contributed by atoms with Gasteiger partial charge in [-0.15, -0.1) is 0 Å². The number of aryl methyl sites for hydroxylation is 1. The SMILES string of the molecule is COc1ccc(-c2nc(CCNC(=O)C3CCCC3)c(C)o2)cc1. The van der Waals surface area contributed by atoms with Gasteiger partial charge in [0.05, 0.1) is 12.8 Å². The number of hydrogen-bond donors (Lipinski definition) is 1. The summed E-state index contributed by atoms with van der Waals surface area (Å²) in [5.41, 5.74) is 1.81. The third-order valence-electron chi connectivity index (χ3n) is 4.62. The molecule has 1 aromatic heterocycles. The minimum absolute atomic E-state index is 0.184. The zero-order chi connectivity index (χ0) is 16.9. The summed E-state index contributed by atoms with van der Waals surface area (Å²) in [7, 11) is 1.64. The van der Waals surface area contributed by atoms with Crippen LogP contribution in [0, 0.1) is 12.8 Å². The molecule has 1 fully saturated rings. The van der Waals surface area contributed by atoms with Crippen LogP contribution in [0.15, 0.2) is 28.7 Å². The van der Waals surface area contributed by atoms with Crippen LogP contribution in [0.1, 0.15) is 37.1 Å². The maximum absolute atomic E-state index is 12.0. The Kier molecular flexibility index (Phi) is 5.18. The molecule has 0 unspecified atom stereocenters. The zero-order valence-corrected chi connectivity index (χ0v) is 14.3. The van der Waals surface area contributed by atoms with Gasteiger partial charge in [-0.25, -0.2) is 4.98 Å². The molecule has 1 heterocycles. The average Bonchev–Trinajstić information content (AvgIpc) is 3.25. The van der Waals surface area contributed by atoms with Gasteiger partial charge in [0.1, 0.15) is 11.5 Å². The molecule has 0 spiro atoms. The lowest BCUT2D eigenvalue weighted by molar-refractivity contribution is -0.124. The number of rotatable bonds is 6. The molecule has 5 nitrogen and oxygen atoms in total. The van der Waals surface area contributed by atoms with E-state index in [1.165, 1.54) is 12.8 Å². The van der Waals surface area contributed by atoms with E-state index in [0.717, 1.165) is 35.6 Å². The molecule has 5 heteroatoms. The van der Waals surface area contributed by atoms with Crippen molar-refractivity contribution in [3.63, 3.8) is 0 Å². The molecule has 1 aliphatic carbocycles. The molecule has 0 bridgehead atoms. The molecule has 3 rings (SSSR count). The number of nitrogens with one attached hydrogen (secondary N) is 1. The van der Waals surface area contributed by atoms with Gasteiger partial charge in [-0.2, -0.15) is 0 Å². The van der Waals surface area contributed by atoms with Crippen LogP contribution >= 0.6 is 0 Å². The van der Waals surface area contributed by atoms with Gasteiger partial charge in [0.15, 0.2) is 0 Å². The highest BCUT2D eigenvalue weighted by Gasteiger charge is 2.22. The van der Waals surface area contributed by atoms with Gasteiger partial charge < -0.3 is 14.5 Å². The number of aromatic nitrogens is 1. The minimum Gasteiger partial charge on any atom is -0.497 e. The Bertz CT molecular complexity index is 685. The number of hydrogen-bond acceptors (Lipinski definition) is 4. The average molecular weight is 328 g/mol. The summed E-state index contributed by atoms with van der Waals surface area (Å²) < 4.78 is 10.9. The minimum atomic E-state index is 0.184. The van der Waals surface area contributed by atoms with Gasteiger partial charge in [-0.1, -0.05) is 12.8 Å². The fourth-order valence-corrected chi connectivity index (χ4v) is 3.15. The highest BCUT2D eigenvalue weighted by Crippen LogP contribution is 2.25. The molecule has 24 heavy (non-hydrogen) atoms. The molecule has 0 atom stereocenters. The molecule has 1 aromatic carbocycles. The third kappa shape index (κ3) is 3.78. The van der Waals surface area contributed by atoms with Crippen LogP contribution < -0.4 is 10.1 Å². The lowest BCUT2D eigenvalue weighted by atomic mass is 10.1. The molecular weight excluding hydrogens is 304 g/mol. The molecule has 1 amide bonds. The molecule has 128 valence electrons. The van der Waals surface area contributed by atoms with Crippen LogP contribution in [0.3, 0.4) is 0 Å². The predicted octanol–water partition coefficient (Wildman–Crippen LogP) is 3.51. The second kappa shape index (κ2) is 7.51. The molecule has 1 saturated carbocycles. The Hall–Kier alpha value is -2.30. The Balaban J connectivity index is 1.58. The normalized spacial score (nSPS) is 14.8. The Morgan fingerprint density at radius 1 is 1.29 bits per heavy atom. The van der Waals surface area contributed by atoms with E-state index in [9.17, 15) is 4.79 Å². The van der Waals surface area contributed by atoms with E-state index < -0.39 is 0 Å². The standard InChI is InChI=1S/C19H24N2O3/c1-13-17(11-12-20-18(22)14-5-3-4-6-14)21-19(24-13)15-7-9-16(23-2)10-8-15/h7-10,14H,3-6,11-12H2,1-2H3,(H,20,22). The number of oxazole rings is 1. The molecule has 0 radical (unpaired) electrons. The van der Waals surface area contributed by atoms with Crippen LogP contribution in [0.4, 0.5) is 0 Å². The number of methoxy groups -OCH3 is 1. The monoisotopic (exact) mass is 328 g/mol. The third-order valence-corrected chi connectivity index (χ3v) is 4.62. The van der Waals surface area contributed by atoms with Crippen LogP contribution in [-0.4, -0.2) is 24.5 Å². The van der Waals surface area contributed by atoms with Crippen molar-refractivity contribution in [3.05, 3.63) is 35.7 Å². The van der Waals surface area contributed by atoms with Crippen molar-refractivity contribution < 1.29 is 13.9 Å². The summed E-state index contributed by atoms with van der Waals surface area (Å²) in [5, 5.41) is 3.03. The quantitative estimate of drug-likeness (QED) is 0.881. The molecule has 0 saturated heterocycles. The fourth-order valence-electron chi connectivity index (χ4n) is 3.15. The molecule has 0 aliphatic heterocycles. The highest BCUT2D eigenvalue weighted by atomic mass is 16.5. The van der Waals surface area contributed by atoms with Crippen LogP contribution in [0.25, 0.3) is 11.5 Å². The number of nitrogens with zero attached hydrogens (tertiary/aromatic N) is 1.